The number of imidazole rings is 1. The number of fused-ring (bicyclic) bond motifs is 1. The fourth-order valence-electron chi connectivity index (χ4n) is 1.91. The van der Waals surface area contributed by atoms with Crippen molar-refractivity contribution in [3.05, 3.63) is 21.7 Å². The lowest BCUT2D eigenvalue weighted by Gasteiger charge is -2.18. The second-order valence-corrected chi connectivity index (χ2v) is 4.89. The molecule has 0 aliphatic rings. The second kappa shape index (κ2) is 5.87. The summed E-state index contributed by atoms with van der Waals surface area (Å²) in [4.78, 5) is 28.8. The van der Waals surface area contributed by atoms with E-state index < -0.39 is 4.92 Å². The number of likely N-dealkylation sites (N-methyl/N-ethyl adjacent to an activating group) is 1. The van der Waals surface area contributed by atoms with Gasteiger partial charge >= 0.3 is 5.82 Å². The van der Waals surface area contributed by atoms with E-state index in [2.05, 4.69) is 10.3 Å². The number of amides is 1. The summed E-state index contributed by atoms with van der Waals surface area (Å²) < 4.78 is 1.40. The number of carbonyl (C=O) groups excluding carboxylic acids is 1. The van der Waals surface area contributed by atoms with Crippen molar-refractivity contribution >= 4 is 33.8 Å². The Labute approximate surface area is 119 Å². The maximum atomic E-state index is 11.9. The van der Waals surface area contributed by atoms with Crippen LogP contribution in [-0.2, 0) is 4.79 Å². The Bertz CT molecular complexity index is 631. The van der Waals surface area contributed by atoms with Crippen molar-refractivity contribution in [2.75, 3.05) is 25.0 Å². The molecule has 2 heterocycles. The molecule has 9 heteroatoms. The molecule has 108 valence electrons. The first-order valence-electron chi connectivity index (χ1n) is 6.20. The Morgan fingerprint density at radius 2 is 2.25 bits per heavy atom. The van der Waals surface area contributed by atoms with Gasteiger partial charge in [0.1, 0.15) is 6.20 Å². The molecule has 20 heavy (non-hydrogen) atoms. The zero-order valence-corrected chi connectivity index (χ0v) is 12.0. The molecular formula is C11H15N5O3S. The van der Waals surface area contributed by atoms with Crippen molar-refractivity contribution in [2.45, 2.75) is 13.8 Å². The van der Waals surface area contributed by atoms with Crippen LogP contribution in [0.4, 0.5) is 11.6 Å². The molecule has 0 unspecified atom stereocenters. The van der Waals surface area contributed by atoms with Crippen LogP contribution in [0.1, 0.15) is 13.8 Å². The third-order valence-electron chi connectivity index (χ3n) is 2.93. The maximum absolute atomic E-state index is 11.9. The number of thiazole rings is 1. The number of nitrogens with one attached hydrogen (secondary N) is 1. The molecule has 0 aliphatic carbocycles. The maximum Gasteiger partial charge on any atom is 0.372 e. The molecule has 8 nitrogen and oxygen atoms in total. The summed E-state index contributed by atoms with van der Waals surface area (Å²) in [6, 6.07) is 0. The summed E-state index contributed by atoms with van der Waals surface area (Å²) in [5.41, 5.74) is 0. The number of carbonyl (C=O) groups is 1. The van der Waals surface area contributed by atoms with Gasteiger partial charge in [-0.3, -0.25) is 4.79 Å². The van der Waals surface area contributed by atoms with E-state index >= 15 is 0 Å². The first-order chi connectivity index (χ1) is 9.58. The van der Waals surface area contributed by atoms with Crippen molar-refractivity contribution in [1.29, 1.82) is 0 Å². The summed E-state index contributed by atoms with van der Waals surface area (Å²) >= 11 is 1.30. The molecule has 1 N–H and O–H groups in total. The highest BCUT2D eigenvalue weighted by Crippen LogP contribution is 2.27. The van der Waals surface area contributed by atoms with E-state index in [0.29, 0.717) is 18.1 Å². The Morgan fingerprint density at radius 1 is 1.55 bits per heavy atom. The summed E-state index contributed by atoms with van der Waals surface area (Å²) in [5.74, 6) is -0.128. The average Bonchev–Trinajstić information content (AvgIpc) is 2.96. The lowest BCUT2D eigenvalue weighted by molar-refractivity contribution is -0.389. The zero-order valence-electron chi connectivity index (χ0n) is 11.2. The van der Waals surface area contributed by atoms with Gasteiger partial charge < -0.3 is 20.3 Å². The summed E-state index contributed by atoms with van der Waals surface area (Å²) in [6.07, 6.45) is 1.59. The summed E-state index contributed by atoms with van der Waals surface area (Å²) in [5, 5.41) is 15.6. The molecule has 0 saturated heterocycles. The highest BCUT2D eigenvalue weighted by Gasteiger charge is 2.24. The smallest absolute Gasteiger partial charge is 0.358 e. The van der Waals surface area contributed by atoms with Crippen molar-refractivity contribution in [3.63, 3.8) is 0 Å². The van der Waals surface area contributed by atoms with E-state index in [1.807, 2.05) is 13.8 Å². The molecule has 0 saturated carbocycles. The van der Waals surface area contributed by atoms with Crippen LogP contribution in [-0.4, -0.2) is 44.7 Å². The molecule has 0 fully saturated rings. The molecule has 2 aromatic rings. The van der Waals surface area contributed by atoms with Crippen molar-refractivity contribution in [3.8, 4) is 0 Å². The van der Waals surface area contributed by atoms with Crippen LogP contribution in [0.5, 0.6) is 0 Å². The first kappa shape index (κ1) is 14.3. The molecule has 0 atom stereocenters. The topological polar surface area (TPSA) is 92.8 Å². The van der Waals surface area contributed by atoms with Crippen LogP contribution in [0.15, 0.2) is 11.6 Å². The SMILES string of the molecule is CCN(CC)C(=O)CNc1nc2sccn2c1[N+](=O)[O-]. The summed E-state index contributed by atoms with van der Waals surface area (Å²) in [6.45, 7) is 4.98. The molecule has 0 spiro atoms. The number of anilines is 1. The Morgan fingerprint density at radius 3 is 2.85 bits per heavy atom. The minimum Gasteiger partial charge on any atom is -0.358 e. The van der Waals surface area contributed by atoms with Crippen LogP contribution >= 0.6 is 11.3 Å². The van der Waals surface area contributed by atoms with Crippen LogP contribution in [0.3, 0.4) is 0 Å². The van der Waals surface area contributed by atoms with E-state index in [1.54, 1.807) is 16.5 Å². The molecule has 1 amide bonds. The fourth-order valence-corrected chi connectivity index (χ4v) is 2.62. The molecule has 0 bridgehead atoms. The Hall–Kier alpha value is -2.16. The average molecular weight is 297 g/mol. The lowest BCUT2D eigenvalue weighted by Crippen LogP contribution is -2.35. The number of rotatable bonds is 6. The van der Waals surface area contributed by atoms with Gasteiger partial charge in [0.05, 0.1) is 6.54 Å². The van der Waals surface area contributed by atoms with Gasteiger partial charge in [-0.15, -0.1) is 0 Å². The lowest BCUT2D eigenvalue weighted by atomic mass is 10.4. The highest BCUT2D eigenvalue weighted by atomic mass is 32.1. The van der Waals surface area contributed by atoms with Gasteiger partial charge in [-0.2, -0.15) is 9.38 Å². The predicted octanol–water partition coefficient (Wildman–Crippen LogP) is 1.58. The number of aromatic nitrogens is 2. The normalized spacial score (nSPS) is 10.7. The van der Waals surface area contributed by atoms with Crippen molar-refractivity contribution < 1.29 is 9.72 Å². The van der Waals surface area contributed by atoms with Crippen molar-refractivity contribution in [1.82, 2.24) is 14.3 Å². The molecular weight excluding hydrogens is 282 g/mol. The zero-order chi connectivity index (χ0) is 14.7. The van der Waals surface area contributed by atoms with E-state index in [1.165, 1.54) is 15.7 Å². The fraction of sp³-hybridized carbons (Fsp3) is 0.455. The third kappa shape index (κ3) is 2.57. The number of hydrogen-bond donors (Lipinski definition) is 1. The van der Waals surface area contributed by atoms with Crippen LogP contribution < -0.4 is 5.32 Å². The molecule has 0 radical (unpaired) electrons. The second-order valence-electron chi connectivity index (χ2n) is 4.02. The van der Waals surface area contributed by atoms with E-state index in [9.17, 15) is 14.9 Å². The minimum absolute atomic E-state index is 0.00659. The largest absolute Gasteiger partial charge is 0.372 e. The minimum atomic E-state index is -0.503. The standard InChI is InChI=1S/C11H15N5O3S/c1-3-14(4-2)8(17)7-12-9-10(16(18)19)15-5-6-20-11(15)13-9/h5-6,12H,3-4,7H2,1-2H3. The van der Waals surface area contributed by atoms with Gasteiger partial charge in [-0.05, 0) is 18.8 Å². The molecule has 0 aromatic carbocycles. The predicted molar refractivity (Wildman–Crippen MR) is 76.1 cm³/mol. The van der Waals surface area contributed by atoms with Gasteiger partial charge in [0.25, 0.3) is 4.96 Å². The van der Waals surface area contributed by atoms with Crippen LogP contribution in [0.25, 0.3) is 4.96 Å². The van der Waals surface area contributed by atoms with Crippen molar-refractivity contribution in [2.24, 2.45) is 0 Å². The highest BCUT2D eigenvalue weighted by molar-refractivity contribution is 7.15. The molecule has 2 aromatic heterocycles. The van der Waals surface area contributed by atoms with Crippen LogP contribution in [0.2, 0.25) is 0 Å². The van der Waals surface area contributed by atoms with Gasteiger partial charge in [-0.25, -0.2) is 0 Å². The Kier molecular flexibility index (Phi) is 4.18. The van der Waals surface area contributed by atoms with Gasteiger partial charge in [-0.1, -0.05) is 11.3 Å². The third-order valence-corrected chi connectivity index (χ3v) is 3.69. The monoisotopic (exact) mass is 297 g/mol. The van der Waals surface area contributed by atoms with E-state index in [-0.39, 0.29) is 24.1 Å². The van der Waals surface area contributed by atoms with Gasteiger partial charge in [0.2, 0.25) is 11.7 Å². The Balaban J connectivity index is 2.17. The summed E-state index contributed by atoms with van der Waals surface area (Å²) in [7, 11) is 0. The van der Waals surface area contributed by atoms with E-state index in [4.69, 9.17) is 0 Å². The number of nitro groups is 1. The van der Waals surface area contributed by atoms with Gasteiger partial charge in [0, 0.05) is 18.5 Å². The quantitative estimate of drug-likeness (QED) is 0.645. The first-order valence-corrected chi connectivity index (χ1v) is 7.08. The van der Waals surface area contributed by atoms with Gasteiger partial charge in [0.15, 0.2) is 0 Å². The molecule has 0 aliphatic heterocycles. The van der Waals surface area contributed by atoms with Crippen LogP contribution in [0, 0.1) is 10.1 Å². The molecule has 2 rings (SSSR count). The number of hydrogen-bond acceptors (Lipinski definition) is 6. The van der Waals surface area contributed by atoms with E-state index in [0.717, 1.165) is 0 Å². The number of nitrogens with zero attached hydrogens (tertiary/aromatic N) is 4.